The van der Waals surface area contributed by atoms with Gasteiger partial charge in [0.15, 0.2) is 0 Å². The van der Waals surface area contributed by atoms with Crippen LogP contribution in [0.25, 0.3) is 0 Å². The third-order valence-electron chi connectivity index (χ3n) is 3.66. The fraction of sp³-hybridized carbons (Fsp3) is 0.316. The number of nitrogens with one attached hydrogen (secondary N) is 1. The lowest BCUT2D eigenvalue weighted by atomic mass is 10.1. The van der Waals surface area contributed by atoms with Gasteiger partial charge in [0, 0.05) is 31.2 Å². The van der Waals surface area contributed by atoms with Crippen LogP contribution >= 0.6 is 0 Å². The Kier molecular flexibility index (Phi) is 6.78. The van der Waals surface area contributed by atoms with Gasteiger partial charge in [-0.3, -0.25) is 4.98 Å². The molecule has 0 fully saturated rings. The lowest BCUT2D eigenvalue weighted by molar-refractivity contribution is 0.210. The van der Waals surface area contributed by atoms with Crippen LogP contribution in [0.15, 0.2) is 48.8 Å². The van der Waals surface area contributed by atoms with Crippen molar-refractivity contribution in [2.75, 3.05) is 11.9 Å². The van der Waals surface area contributed by atoms with Crippen LogP contribution in [0.1, 0.15) is 30.9 Å². The summed E-state index contributed by atoms with van der Waals surface area (Å²) >= 11 is 0. The molecule has 1 aromatic carbocycles. The number of aromatic nitrogens is 1. The Morgan fingerprint density at radius 3 is 2.83 bits per heavy atom. The highest BCUT2D eigenvalue weighted by Crippen LogP contribution is 2.18. The molecule has 0 atom stereocenters. The zero-order valence-electron chi connectivity index (χ0n) is 13.9. The molecule has 124 valence electrons. The van der Waals surface area contributed by atoms with Gasteiger partial charge in [-0.15, -0.1) is 0 Å². The minimum atomic E-state index is -0.197. The summed E-state index contributed by atoms with van der Waals surface area (Å²) in [7, 11) is 0. The van der Waals surface area contributed by atoms with Gasteiger partial charge in [-0.2, -0.15) is 5.26 Å². The highest BCUT2D eigenvalue weighted by molar-refractivity contribution is 5.90. The maximum absolute atomic E-state index is 12.7. The summed E-state index contributed by atoms with van der Waals surface area (Å²) < 4.78 is 0. The van der Waals surface area contributed by atoms with Gasteiger partial charge >= 0.3 is 6.03 Å². The molecule has 0 saturated heterocycles. The van der Waals surface area contributed by atoms with E-state index < -0.39 is 0 Å². The van der Waals surface area contributed by atoms with Crippen LogP contribution in [-0.2, 0) is 13.0 Å². The van der Waals surface area contributed by atoms with Crippen molar-refractivity contribution in [1.29, 1.82) is 5.26 Å². The Morgan fingerprint density at radius 2 is 2.12 bits per heavy atom. The molecule has 5 nitrogen and oxygen atoms in total. The molecule has 0 saturated carbocycles. The number of para-hydroxylation sites is 1. The largest absolute Gasteiger partial charge is 0.322 e. The molecule has 0 aliphatic carbocycles. The molecule has 0 bridgehead atoms. The van der Waals surface area contributed by atoms with Crippen LogP contribution in [0.3, 0.4) is 0 Å². The van der Waals surface area contributed by atoms with Crippen LogP contribution in [0.2, 0.25) is 0 Å². The topological polar surface area (TPSA) is 69.0 Å². The first kappa shape index (κ1) is 17.5. The van der Waals surface area contributed by atoms with Crippen LogP contribution in [0.5, 0.6) is 0 Å². The summed E-state index contributed by atoms with van der Waals surface area (Å²) in [5.41, 5.74) is 2.89. The summed E-state index contributed by atoms with van der Waals surface area (Å²) in [4.78, 5) is 18.4. The molecule has 5 heteroatoms. The van der Waals surface area contributed by atoms with Gasteiger partial charge in [-0.1, -0.05) is 37.6 Å². The highest BCUT2D eigenvalue weighted by Gasteiger charge is 2.15. The first-order chi connectivity index (χ1) is 11.7. The molecule has 1 heterocycles. The molecular weight excluding hydrogens is 300 g/mol. The Labute approximate surface area is 142 Å². The van der Waals surface area contributed by atoms with Gasteiger partial charge in [0.1, 0.15) is 0 Å². The van der Waals surface area contributed by atoms with E-state index in [0.717, 1.165) is 29.7 Å². The van der Waals surface area contributed by atoms with Crippen molar-refractivity contribution in [3.8, 4) is 6.07 Å². The lowest BCUT2D eigenvalue weighted by Crippen LogP contribution is -2.35. The van der Waals surface area contributed by atoms with Crippen molar-refractivity contribution in [2.24, 2.45) is 0 Å². The van der Waals surface area contributed by atoms with E-state index in [4.69, 9.17) is 5.26 Å². The molecule has 0 aliphatic heterocycles. The van der Waals surface area contributed by atoms with E-state index in [9.17, 15) is 4.79 Å². The third-order valence-corrected chi connectivity index (χ3v) is 3.66. The average Bonchev–Trinajstić information content (AvgIpc) is 2.61. The lowest BCUT2D eigenvalue weighted by Gasteiger charge is -2.23. The maximum atomic E-state index is 12.7. The smallest absolute Gasteiger partial charge is 0.319 e. The number of nitriles is 1. The quantitative estimate of drug-likeness (QED) is 0.838. The van der Waals surface area contributed by atoms with Crippen molar-refractivity contribution in [1.82, 2.24) is 9.88 Å². The number of anilines is 1. The van der Waals surface area contributed by atoms with Crippen LogP contribution in [0.4, 0.5) is 10.5 Å². The summed E-state index contributed by atoms with van der Waals surface area (Å²) in [5, 5.41) is 11.8. The molecular formula is C19H22N4O. The van der Waals surface area contributed by atoms with Gasteiger partial charge in [-0.05, 0) is 29.7 Å². The molecule has 0 spiro atoms. The first-order valence-electron chi connectivity index (χ1n) is 8.14. The normalized spacial score (nSPS) is 10.0. The molecule has 1 aromatic heterocycles. The van der Waals surface area contributed by atoms with Gasteiger partial charge in [0.25, 0.3) is 0 Å². The number of hydrogen-bond donors (Lipinski definition) is 1. The number of pyridine rings is 1. The minimum Gasteiger partial charge on any atom is -0.319 e. The molecule has 2 amide bonds. The predicted octanol–water partition coefficient (Wildman–Crippen LogP) is 3.98. The first-order valence-corrected chi connectivity index (χ1v) is 8.14. The molecule has 0 radical (unpaired) electrons. The van der Waals surface area contributed by atoms with E-state index in [2.05, 4.69) is 23.3 Å². The minimum absolute atomic E-state index is 0.197. The van der Waals surface area contributed by atoms with E-state index in [0.29, 0.717) is 19.5 Å². The third kappa shape index (κ3) is 5.10. The van der Waals surface area contributed by atoms with Gasteiger partial charge in [-0.25, -0.2) is 4.79 Å². The molecule has 0 aliphatic rings. The maximum Gasteiger partial charge on any atom is 0.322 e. The second-order valence-electron chi connectivity index (χ2n) is 5.53. The van der Waals surface area contributed by atoms with Crippen LogP contribution in [0, 0.1) is 11.3 Å². The summed E-state index contributed by atoms with van der Waals surface area (Å²) in [5.74, 6) is 0. The molecule has 2 aromatic rings. The zero-order valence-corrected chi connectivity index (χ0v) is 13.9. The van der Waals surface area contributed by atoms with E-state index in [1.165, 1.54) is 0 Å². The monoisotopic (exact) mass is 322 g/mol. The number of carbonyl (C=O) groups excluding carboxylic acids is 1. The van der Waals surface area contributed by atoms with Crippen LogP contribution < -0.4 is 5.32 Å². The Balaban J connectivity index is 2.11. The standard InChI is InChI=1S/C19H22N4O/c1-2-7-17-9-3-4-10-18(17)22-19(24)23(13-6-11-20)15-16-8-5-12-21-14-16/h3-5,8-10,12,14H,2,6-7,13,15H2,1H3,(H,22,24). The number of nitrogens with zero attached hydrogens (tertiary/aromatic N) is 3. The summed E-state index contributed by atoms with van der Waals surface area (Å²) in [6, 6.07) is 13.5. The van der Waals surface area contributed by atoms with E-state index >= 15 is 0 Å². The number of benzene rings is 1. The second-order valence-corrected chi connectivity index (χ2v) is 5.53. The average molecular weight is 322 g/mol. The van der Waals surface area contributed by atoms with Crippen molar-refractivity contribution in [3.05, 3.63) is 59.9 Å². The number of aryl methyl sites for hydroxylation is 1. The zero-order chi connectivity index (χ0) is 17.2. The number of hydrogen-bond acceptors (Lipinski definition) is 3. The van der Waals surface area contributed by atoms with Crippen molar-refractivity contribution < 1.29 is 4.79 Å². The van der Waals surface area contributed by atoms with E-state index in [1.54, 1.807) is 17.3 Å². The molecule has 0 unspecified atom stereocenters. The Morgan fingerprint density at radius 1 is 1.29 bits per heavy atom. The Hall–Kier alpha value is -2.87. The summed E-state index contributed by atoms with van der Waals surface area (Å²) in [6.07, 6.45) is 5.66. The number of carbonyl (C=O) groups is 1. The fourth-order valence-corrected chi connectivity index (χ4v) is 2.47. The Bertz CT molecular complexity index is 694. The van der Waals surface area contributed by atoms with E-state index in [1.807, 2.05) is 36.4 Å². The van der Waals surface area contributed by atoms with Crippen molar-refractivity contribution >= 4 is 11.7 Å². The molecule has 2 rings (SSSR count). The highest BCUT2D eigenvalue weighted by atomic mass is 16.2. The van der Waals surface area contributed by atoms with Crippen molar-refractivity contribution in [2.45, 2.75) is 32.7 Å². The van der Waals surface area contributed by atoms with E-state index in [-0.39, 0.29) is 6.03 Å². The molecule has 24 heavy (non-hydrogen) atoms. The van der Waals surface area contributed by atoms with Crippen molar-refractivity contribution in [3.63, 3.8) is 0 Å². The van der Waals surface area contributed by atoms with Gasteiger partial charge in [0.2, 0.25) is 0 Å². The summed E-state index contributed by atoms with van der Waals surface area (Å²) in [6.45, 7) is 2.92. The van der Waals surface area contributed by atoms with Gasteiger partial charge < -0.3 is 10.2 Å². The SMILES string of the molecule is CCCc1ccccc1NC(=O)N(CCC#N)Cc1cccnc1. The predicted molar refractivity (Wildman–Crippen MR) is 94.3 cm³/mol. The molecule has 1 N–H and O–H groups in total. The number of amides is 2. The number of rotatable bonds is 7. The fourth-order valence-electron chi connectivity index (χ4n) is 2.47. The van der Waals surface area contributed by atoms with Gasteiger partial charge in [0.05, 0.1) is 12.5 Å². The van der Waals surface area contributed by atoms with Crippen LogP contribution in [-0.4, -0.2) is 22.5 Å². The second kappa shape index (κ2) is 9.31. The number of urea groups is 1.